The summed E-state index contributed by atoms with van der Waals surface area (Å²) in [5, 5.41) is 0. The molecule has 94 valence electrons. The van der Waals surface area contributed by atoms with E-state index in [0.717, 1.165) is 28.3 Å². The third-order valence-corrected chi connectivity index (χ3v) is 2.74. The van der Waals surface area contributed by atoms with Crippen molar-refractivity contribution >= 4 is 0 Å². The zero-order valence-electron chi connectivity index (χ0n) is 10.9. The van der Waals surface area contributed by atoms with E-state index in [1.54, 1.807) is 13.3 Å². The van der Waals surface area contributed by atoms with Crippen LogP contribution in [0.3, 0.4) is 0 Å². The Morgan fingerprint density at radius 1 is 1.22 bits per heavy atom. The summed E-state index contributed by atoms with van der Waals surface area (Å²) in [5.41, 5.74) is 2.97. The number of ether oxygens (including phenoxy) is 2. The van der Waals surface area contributed by atoms with Gasteiger partial charge in [0.1, 0.15) is 11.5 Å². The van der Waals surface area contributed by atoms with Gasteiger partial charge in [0.2, 0.25) is 0 Å². The van der Waals surface area contributed by atoms with E-state index >= 15 is 0 Å². The topological polar surface area (TPSA) is 31.4 Å². The maximum Gasteiger partial charge on any atom is 0.131 e. The molecule has 0 spiro atoms. The predicted molar refractivity (Wildman–Crippen MR) is 72.1 cm³/mol. The molecule has 1 aromatic heterocycles. The van der Waals surface area contributed by atoms with Crippen LogP contribution in [0, 0.1) is 6.92 Å². The Labute approximate surface area is 107 Å². The van der Waals surface area contributed by atoms with Crippen LogP contribution in [0.1, 0.15) is 12.5 Å². The molecule has 3 nitrogen and oxygen atoms in total. The molecule has 0 radical (unpaired) electrons. The summed E-state index contributed by atoms with van der Waals surface area (Å²) >= 11 is 0. The highest BCUT2D eigenvalue weighted by Crippen LogP contribution is 2.33. The number of methoxy groups -OCH3 is 1. The number of aromatic nitrogens is 1. The highest BCUT2D eigenvalue weighted by molar-refractivity contribution is 5.69. The number of hydrogen-bond donors (Lipinski definition) is 0. The number of rotatable bonds is 4. The number of nitrogens with zero attached hydrogens (tertiary/aromatic N) is 1. The predicted octanol–water partition coefficient (Wildman–Crippen LogP) is 3.46. The average molecular weight is 243 g/mol. The first-order chi connectivity index (χ1) is 8.76. The third kappa shape index (κ3) is 2.45. The second-order valence-corrected chi connectivity index (χ2v) is 3.97. The highest BCUT2D eigenvalue weighted by atomic mass is 16.5. The number of benzene rings is 1. The number of pyridine rings is 1. The molecule has 2 aromatic rings. The van der Waals surface area contributed by atoms with Crippen molar-refractivity contribution in [3.05, 3.63) is 42.1 Å². The molecule has 1 aromatic carbocycles. The Hall–Kier alpha value is -2.03. The van der Waals surface area contributed by atoms with Crippen molar-refractivity contribution in [1.29, 1.82) is 0 Å². The van der Waals surface area contributed by atoms with Gasteiger partial charge in [-0.1, -0.05) is 12.1 Å². The van der Waals surface area contributed by atoms with Crippen LogP contribution >= 0.6 is 0 Å². The lowest BCUT2D eigenvalue weighted by molar-refractivity contribution is 0.339. The SMILES string of the molecule is CCOc1c(C)cccc1-c1cc(OC)ccn1. The third-order valence-electron chi connectivity index (χ3n) is 2.74. The molecular formula is C15H17NO2. The van der Waals surface area contributed by atoms with Crippen LogP contribution < -0.4 is 9.47 Å². The molecular weight excluding hydrogens is 226 g/mol. The molecule has 2 rings (SSSR count). The molecule has 0 unspecified atom stereocenters. The molecule has 0 aliphatic heterocycles. The number of hydrogen-bond acceptors (Lipinski definition) is 3. The zero-order chi connectivity index (χ0) is 13.0. The van der Waals surface area contributed by atoms with Gasteiger partial charge >= 0.3 is 0 Å². The minimum absolute atomic E-state index is 0.641. The summed E-state index contributed by atoms with van der Waals surface area (Å²) in [6.45, 7) is 4.66. The van der Waals surface area contributed by atoms with Crippen LogP contribution in [-0.4, -0.2) is 18.7 Å². The van der Waals surface area contributed by atoms with E-state index in [0.29, 0.717) is 6.61 Å². The van der Waals surface area contributed by atoms with Crippen molar-refractivity contribution in [1.82, 2.24) is 4.98 Å². The van der Waals surface area contributed by atoms with Gasteiger partial charge in [-0.3, -0.25) is 4.98 Å². The van der Waals surface area contributed by atoms with Crippen molar-refractivity contribution in [3.63, 3.8) is 0 Å². The smallest absolute Gasteiger partial charge is 0.131 e. The molecule has 1 heterocycles. The van der Waals surface area contributed by atoms with Crippen LogP contribution in [-0.2, 0) is 0 Å². The van der Waals surface area contributed by atoms with E-state index in [2.05, 4.69) is 4.98 Å². The summed E-state index contributed by atoms with van der Waals surface area (Å²) in [6.07, 6.45) is 1.74. The summed E-state index contributed by atoms with van der Waals surface area (Å²) in [7, 11) is 1.65. The lowest BCUT2D eigenvalue weighted by Crippen LogP contribution is -1.97. The second kappa shape index (κ2) is 5.54. The molecule has 0 bridgehead atoms. The van der Waals surface area contributed by atoms with Crippen molar-refractivity contribution < 1.29 is 9.47 Å². The van der Waals surface area contributed by atoms with Crippen LogP contribution in [0.15, 0.2) is 36.5 Å². The molecule has 0 amide bonds. The van der Waals surface area contributed by atoms with Gasteiger partial charge in [0.15, 0.2) is 0 Å². The summed E-state index contributed by atoms with van der Waals surface area (Å²) in [5.74, 6) is 1.68. The van der Waals surface area contributed by atoms with E-state index in [4.69, 9.17) is 9.47 Å². The standard InChI is InChI=1S/C15H17NO2/c1-4-18-15-11(2)6-5-7-13(15)14-10-12(17-3)8-9-16-14/h5-10H,4H2,1-3H3. The monoisotopic (exact) mass is 243 g/mol. The Morgan fingerprint density at radius 2 is 2.06 bits per heavy atom. The van der Waals surface area contributed by atoms with Crippen molar-refractivity contribution in [2.24, 2.45) is 0 Å². The van der Waals surface area contributed by atoms with Gasteiger partial charge in [0, 0.05) is 17.8 Å². The number of para-hydroxylation sites is 1. The van der Waals surface area contributed by atoms with Gasteiger partial charge in [-0.15, -0.1) is 0 Å². The van der Waals surface area contributed by atoms with Gasteiger partial charge in [0.05, 0.1) is 19.4 Å². The lowest BCUT2D eigenvalue weighted by Gasteiger charge is -2.13. The highest BCUT2D eigenvalue weighted by Gasteiger charge is 2.10. The minimum atomic E-state index is 0.641. The normalized spacial score (nSPS) is 10.2. The van der Waals surface area contributed by atoms with E-state index in [1.165, 1.54) is 0 Å². The quantitative estimate of drug-likeness (QED) is 0.824. The largest absolute Gasteiger partial charge is 0.497 e. The maximum absolute atomic E-state index is 5.71. The molecule has 0 aliphatic carbocycles. The fraction of sp³-hybridized carbons (Fsp3) is 0.267. The first-order valence-electron chi connectivity index (χ1n) is 5.99. The summed E-state index contributed by atoms with van der Waals surface area (Å²) in [4.78, 5) is 4.38. The molecule has 0 saturated carbocycles. The zero-order valence-corrected chi connectivity index (χ0v) is 10.9. The molecule has 0 fully saturated rings. The van der Waals surface area contributed by atoms with Crippen LogP contribution in [0.4, 0.5) is 0 Å². The first kappa shape index (κ1) is 12.4. The Morgan fingerprint density at radius 3 is 2.78 bits per heavy atom. The number of aryl methyl sites for hydroxylation is 1. The van der Waals surface area contributed by atoms with E-state index in [9.17, 15) is 0 Å². The van der Waals surface area contributed by atoms with Gasteiger partial charge < -0.3 is 9.47 Å². The van der Waals surface area contributed by atoms with E-state index in [1.807, 2.05) is 44.2 Å². The summed E-state index contributed by atoms with van der Waals surface area (Å²) in [6, 6.07) is 9.81. The van der Waals surface area contributed by atoms with Crippen LogP contribution in [0.25, 0.3) is 11.3 Å². The van der Waals surface area contributed by atoms with Gasteiger partial charge in [0.25, 0.3) is 0 Å². The summed E-state index contributed by atoms with van der Waals surface area (Å²) < 4.78 is 10.9. The molecule has 18 heavy (non-hydrogen) atoms. The van der Waals surface area contributed by atoms with Crippen LogP contribution in [0.2, 0.25) is 0 Å². The Bertz CT molecular complexity index is 538. The van der Waals surface area contributed by atoms with E-state index < -0.39 is 0 Å². The average Bonchev–Trinajstić information content (AvgIpc) is 2.41. The lowest BCUT2D eigenvalue weighted by atomic mass is 10.1. The maximum atomic E-state index is 5.71. The molecule has 0 N–H and O–H groups in total. The fourth-order valence-corrected chi connectivity index (χ4v) is 1.88. The van der Waals surface area contributed by atoms with Crippen molar-refractivity contribution in [3.8, 4) is 22.8 Å². The second-order valence-electron chi connectivity index (χ2n) is 3.97. The van der Waals surface area contributed by atoms with Gasteiger partial charge in [-0.05, 0) is 31.5 Å². The van der Waals surface area contributed by atoms with Gasteiger partial charge in [-0.25, -0.2) is 0 Å². The van der Waals surface area contributed by atoms with Crippen molar-refractivity contribution in [2.45, 2.75) is 13.8 Å². The Kier molecular flexibility index (Phi) is 3.82. The van der Waals surface area contributed by atoms with Crippen molar-refractivity contribution in [2.75, 3.05) is 13.7 Å². The van der Waals surface area contributed by atoms with Crippen LogP contribution in [0.5, 0.6) is 11.5 Å². The van der Waals surface area contributed by atoms with E-state index in [-0.39, 0.29) is 0 Å². The molecule has 0 aliphatic rings. The van der Waals surface area contributed by atoms with Gasteiger partial charge in [-0.2, -0.15) is 0 Å². The molecule has 3 heteroatoms. The molecule has 0 saturated heterocycles. The Balaban J connectivity index is 2.52. The first-order valence-corrected chi connectivity index (χ1v) is 5.99. The minimum Gasteiger partial charge on any atom is -0.497 e. The molecule has 0 atom stereocenters. The fourth-order valence-electron chi connectivity index (χ4n) is 1.88.